The largest absolute Gasteiger partial charge is 0.624 e. The van der Waals surface area contributed by atoms with E-state index < -0.39 is 0 Å². The topological polar surface area (TPSA) is 26.1 Å². The summed E-state index contributed by atoms with van der Waals surface area (Å²) in [5, 5.41) is 11.7. The SMILES string of the molecule is Cc1ccc(/C=C/C/[N+]([O-])=C/c2ccccc2)cc1. The number of aryl methyl sites for hydroxylation is 1. The van der Waals surface area contributed by atoms with Crippen LogP contribution in [-0.4, -0.2) is 17.5 Å². The summed E-state index contributed by atoms with van der Waals surface area (Å²) in [6.07, 6.45) is 5.43. The van der Waals surface area contributed by atoms with Crippen molar-refractivity contribution in [1.82, 2.24) is 0 Å². The van der Waals surface area contributed by atoms with E-state index in [9.17, 15) is 5.21 Å². The van der Waals surface area contributed by atoms with Crippen molar-refractivity contribution >= 4 is 12.3 Å². The standard InChI is InChI=1S/C17H17NO/c1-15-9-11-16(12-10-15)8-5-13-18(19)14-17-6-3-2-4-7-17/h2-12,14H,13H2,1H3/b8-5+,18-14-. The van der Waals surface area contributed by atoms with Crippen LogP contribution in [0.5, 0.6) is 0 Å². The van der Waals surface area contributed by atoms with Crippen LogP contribution in [0.4, 0.5) is 0 Å². The highest BCUT2D eigenvalue weighted by atomic mass is 16.5. The lowest BCUT2D eigenvalue weighted by atomic mass is 10.1. The monoisotopic (exact) mass is 251 g/mol. The Morgan fingerprint density at radius 1 is 0.947 bits per heavy atom. The van der Waals surface area contributed by atoms with Gasteiger partial charge in [0.25, 0.3) is 0 Å². The van der Waals surface area contributed by atoms with Gasteiger partial charge in [0.15, 0.2) is 12.8 Å². The molecule has 2 aromatic rings. The van der Waals surface area contributed by atoms with Gasteiger partial charge in [0.05, 0.1) is 0 Å². The zero-order valence-corrected chi connectivity index (χ0v) is 11.0. The van der Waals surface area contributed by atoms with Crippen LogP contribution in [0.2, 0.25) is 0 Å². The van der Waals surface area contributed by atoms with Crippen LogP contribution in [-0.2, 0) is 0 Å². The molecule has 2 rings (SSSR count). The second kappa shape index (κ2) is 6.55. The summed E-state index contributed by atoms with van der Waals surface area (Å²) in [6, 6.07) is 17.8. The average Bonchev–Trinajstić information content (AvgIpc) is 2.42. The van der Waals surface area contributed by atoms with Crippen molar-refractivity contribution in [3.8, 4) is 0 Å². The van der Waals surface area contributed by atoms with Gasteiger partial charge in [-0.05, 0) is 30.7 Å². The molecule has 0 spiro atoms. The zero-order valence-electron chi connectivity index (χ0n) is 11.0. The quantitative estimate of drug-likeness (QED) is 0.352. The van der Waals surface area contributed by atoms with E-state index in [1.54, 1.807) is 6.21 Å². The Bertz CT molecular complexity index is 568. The highest BCUT2D eigenvalue weighted by molar-refractivity contribution is 5.75. The van der Waals surface area contributed by atoms with Gasteiger partial charge in [0, 0.05) is 5.56 Å². The van der Waals surface area contributed by atoms with Gasteiger partial charge in [-0.3, -0.25) is 0 Å². The molecule has 0 aliphatic heterocycles. The maximum atomic E-state index is 11.7. The fourth-order valence-electron chi connectivity index (χ4n) is 1.73. The van der Waals surface area contributed by atoms with Gasteiger partial charge < -0.3 is 5.21 Å². The zero-order chi connectivity index (χ0) is 13.5. The van der Waals surface area contributed by atoms with E-state index in [0.717, 1.165) is 15.9 Å². The summed E-state index contributed by atoms with van der Waals surface area (Å²) in [6.45, 7) is 2.41. The molecule has 0 aliphatic rings. The van der Waals surface area contributed by atoms with Crippen molar-refractivity contribution in [1.29, 1.82) is 0 Å². The van der Waals surface area contributed by atoms with Gasteiger partial charge in [-0.1, -0.05) is 54.1 Å². The van der Waals surface area contributed by atoms with Gasteiger partial charge in [0.1, 0.15) is 0 Å². The summed E-state index contributed by atoms with van der Waals surface area (Å²) in [7, 11) is 0. The molecule has 2 aromatic carbocycles. The molecule has 0 N–H and O–H groups in total. The first-order valence-electron chi connectivity index (χ1n) is 6.31. The molecule has 0 saturated heterocycles. The van der Waals surface area contributed by atoms with Crippen molar-refractivity contribution in [2.75, 3.05) is 6.54 Å². The van der Waals surface area contributed by atoms with E-state index in [0.29, 0.717) is 6.54 Å². The Morgan fingerprint density at radius 3 is 2.32 bits per heavy atom. The molecule has 2 heteroatoms. The first-order chi connectivity index (χ1) is 9.24. The Kier molecular flexibility index (Phi) is 4.51. The molecule has 0 saturated carbocycles. The van der Waals surface area contributed by atoms with Gasteiger partial charge in [-0.25, -0.2) is 4.74 Å². The van der Waals surface area contributed by atoms with Gasteiger partial charge in [0.2, 0.25) is 0 Å². The van der Waals surface area contributed by atoms with E-state index in [2.05, 4.69) is 19.1 Å². The predicted octanol–water partition coefficient (Wildman–Crippen LogP) is 3.64. The van der Waals surface area contributed by atoms with Gasteiger partial charge in [-0.2, -0.15) is 0 Å². The first kappa shape index (κ1) is 13.1. The van der Waals surface area contributed by atoms with E-state index in [-0.39, 0.29) is 0 Å². The smallest absolute Gasteiger partial charge is 0.182 e. The molecule has 0 unspecified atom stereocenters. The number of rotatable bonds is 4. The molecule has 2 nitrogen and oxygen atoms in total. The van der Waals surface area contributed by atoms with Gasteiger partial charge >= 0.3 is 0 Å². The van der Waals surface area contributed by atoms with Crippen LogP contribution in [0.25, 0.3) is 6.08 Å². The Hall–Kier alpha value is -2.35. The Balaban J connectivity index is 1.95. The van der Waals surface area contributed by atoms with Crippen LogP contribution in [0.3, 0.4) is 0 Å². The molecular weight excluding hydrogens is 234 g/mol. The predicted molar refractivity (Wildman–Crippen MR) is 80.3 cm³/mol. The first-order valence-corrected chi connectivity index (χ1v) is 6.31. The summed E-state index contributed by atoms with van der Waals surface area (Å²) in [4.78, 5) is 0. The molecular formula is C17H17NO. The lowest BCUT2D eigenvalue weighted by Gasteiger charge is -2.00. The van der Waals surface area contributed by atoms with Crippen molar-refractivity contribution in [3.05, 3.63) is 82.6 Å². The Labute approximate surface area is 113 Å². The molecule has 0 radical (unpaired) electrons. The maximum Gasteiger partial charge on any atom is 0.182 e. The van der Waals surface area contributed by atoms with Crippen LogP contribution in [0.15, 0.2) is 60.7 Å². The van der Waals surface area contributed by atoms with Gasteiger partial charge in [-0.15, -0.1) is 0 Å². The third kappa shape index (κ3) is 4.43. The second-order valence-electron chi connectivity index (χ2n) is 4.45. The highest BCUT2D eigenvalue weighted by Gasteiger charge is 1.92. The molecule has 0 bridgehead atoms. The lowest BCUT2D eigenvalue weighted by molar-refractivity contribution is -0.440. The Morgan fingerprint density at radius 2 is 1.63 bits per heavy atom. The molecule has 0 aromatic heterocycles. The number of hydroxylamine groups is 1. The third-order valence-electron chi connectivity index (χ3n) is 2.77. The molecule has 96 valence electrons. The normalized spacial score (nSPS) is 11.9. The maximum absolute atomic E-state index is 11.7. The summed E-state index contributed by atoms with van der Waals surface area (Å²) >= 11 is 0. The molecule has 0 atom stereocenters. The number of hydrogen-bond donors (Lipinski definition) is 0. The lowest BCUT2D eigenvalue weighted by Crippen LogP contribution is -2.05. The van der Waals surface area contributed by atoms with E-state index >= 15 is 0 Å². The van der Waals surface area contributed by atoms with E-state index in [4.69, 9.17) is 0 Å². The molecule has 0 heterocycles. The van der Waals surface area contributed by atoms with E-state index in [1.807, 2.05) is 54.6 Å². The second-order valence-corrected chi connectivity index (χ2v) is 4.45. The summed E-state index contributed by atoms with van der Waals surface area (Å²) < 4.78 is 0.931. The van der Waals surface area contributed by atoms with Crippen molar-refractivity contribution in [3.63, 3.8) is 0 Å². The fraction of sp³-hybridized carbons (Fsp3) is 0.118. The molecule has 0 fully saturated rings. The van der Waals surface area contributed by atoms with Crippen molar-refractivity contribution < 1.29 is 4.74 Å². The molecule has 0 aliphatic carbocycles. The van der Waals surface area contributed by atoms with E-state index in [1.165, 1.54) is 5.56 Å². The minimum atomic E-state index is 0.350. The molecule has 19 heavy (non-hydrogen) atoms. The van der Waals surface area contributed by atoms with Crippen molar-refractivity contribution in [2.24, 2.45) is 0 Å². The minimum Gasteiger partial charge on any atom is -0.624 e. The fourth-order valence-corrected chi connectivity index (χ4v) is 1.73. The average molecular weight is 251 g/mol. The van der Waals surface area contributed by atoms with Crippen LogP contribution >= 0.6 is 0 Å². The van der Waals surface area contributed by atoms with Crippen LogP contribution in [0.1, 0.15) is 16.7 Å². The third-order valence-corrected chi connectivity index (χ3v) is 2.77. The number of benzene rings is 2. The minimum absolute atomic E-state index is 0.350. The highest BCUT2D eigenvalue weighted by Crippen LogP contribution is 2.04. The summed E-state index contributed by atoms with van der Waals surface area (Å²) in [5.41, 5.74) is 3.26. The number of nitrogens with zero attached hydrogens (tertiary/aromatic N) is 1. The van der Waals surface area contributed by atoms with Crippen molar-refractivity contribution in [2.45, 2.75) is 6.92 Å². The van der Waals surface area contributed by atoms with Crippen LogP contribution < -0.4 is 0 Å². The van der Waals surface area contributed by atoms with Crippen LogP contribution in [0, 0.1) is 12.1 Å². The summed E-state index contributed by atoms with van der Waals surface area (Å²) in [5.74, 6) is 0. The molecule has 0 amide bonds. The number of hydrogen-bond acceptors (Lipinski definition) is 1.